The zero-order valence-electron chi connectivity index (χ0n) is 10.3. The van der Waals surface area contributed by atoms with E-state index in [9.17, 15) is 15.3 Å². The minimum atomic E-state index is -0.306. The van der Waals surface area contributed by atoms with E-state index in [1.807, 2.05) is 12.1 Å². The predicted octanol–water partition coefficient (Wildman–Crippen LogP) is 1.78. The number of fused-ring (bicyclic) bond motifs is 1. The maximum atomic E-state index is 9.58. The van der Waals surface area contributed by atoms with Gasteiger partial charge in [-0.05, 0) is 23.6 Å². The summed E-state index contributed by atoms with van der Waals surface area (Å²) >= 11 is 0. The van der Waals surface area contributed by atoms with Crippen LogP contribution in [0.3, 0.4) is 0 Å². The van der Waals surface area contributed by atoms with Crippen LogP contribution in [0.1, 0.15) is 11.1 Å². The highest BCUT2D eigenvalue weighted by atomic mass is 16.5. The predicted molar refractivity (Wildman–Crippen MR) is 68.8 cm³/mol. The van der Waals surface area contributed by atoms with Crippen molar-refractivity contribution in [3.05, 3.63) is 35.4 Å². The molecule has 0 radical (unpaired) electrons. The minimum Gasteiger partial charge on any atom is -0.503 e. The van der Waals surface area contributed by atoms with E-state index in [2.05, 4.69) is 6.07 Å². The summed E-state index contributed by atoms with van der Waals surface area (Å²) in [6, 6.07) is 7.14. The summed E-state index contributed by atoms with van der Waals surface area (Å²) in [5.74, 6) is 0.189. The van der Waals surface area contributed by atoms with Gasteiger partial charge in [0.15, 0.2) is 11.6 Å². The lowest BCUT2D eigenvalue weighted by atomic mass is 10.1. The third kappa shape index (κ3) is 2.07. The number of benzene rings is 1. The molecule has 1 aromatic heterocycles. The van der Waals surface area contributed by atoms with Gasteiger partial charge >= 0.3 is 0 Å². The second-order valence-electron chi connectivity index (χ2n) is 4.65. The second kappa shape index (κ2) is 4.42. The van der Waals surface area contributed by atoms with Gasteiger partial charge in [0, 0.05) is 19.0 Å². The van der Waals surface area contributed by atoms with E-state index < -0.39 is 0 Å². The summed E-state index contributed by atoms with van der Waals surface area (Å²) in [6.45, 7) is 1.13. The highest BCUT2D eigenvalue weighted by Crippen LogP contribution is 2.33. The topological polar surface area (TPSA) is 74.9 Å². The van der Waals surface area contributed by atoms with Crippen molar-refractivity contribution in [3.63, 3.8) is 0 Å². The molecule has 0 fully saturated rings. The minimum absolute atomic E-state index is 0.139. The Labute approximate surface area is 110 Å². The molecule has 0 aliphatic carbocycles. The normalized spacial score (nSPS) is 13.3. The molecule has 100 valence electrons. The van der Waals surface area contributed by atoms with Crippen LogP contribution in [0.5, 0.6) is 23.3 Å². The molecule has 0 bridgehead atoms. The number of hydrogen-bond acceptors (Lipinski definition) is 4. The van der Waals surface area contributed by atoms with Crippen LogP contribution in [0.25, 0.3) is 0 Å². The van der Waals surface area contributed by atoms with E-state index in [-0.39, 0.29) is 17.5 Å². The van der Waals surface area contributed by atoms with Gasteiger partial charge in [-0.25, -0.2) is 0 Å². The van der Waals surface area contributed by atoms with E-state index in [4.69, 9.17) is 4.74 Å². The smallest absolute Gasteiger partial charge is 0.237 e. The Kier molecular flexibility index (Phi) is 2.74. The maximum Gasteiger partial charge on any atom is 0.237 e. The van der Waals surface area contributed by atoms with Crippen molar-refractivity contribution >= 4 is 0 Å². The molecule has 2 aromatic rings. The van der Waals surface area contributed by atoms with Crippen molar-refractivity contribution in [1.82, 2.24) is 4.57 Å². The molecule has 3 N–H and O–H groups in total. The van der Waals surface area contributed by atoms with Crippen LogP contribution in [-0.4, -0.2) is 26.5 Å². The summed E-state index contributed by atoms with van der Waals surface area (Å²) in [4.78, 5) is 0. The fourth-order valence-corrected chi connectivity index (χ4v) is 2.37. The molecule has 0 saturated heterocycles. The SMILES string of the molecule is Oc1cc(O)n(CCc2ccc3c(c2)CCO3)c1O. The first-order chi connectivity index (χ1) is 9.15. The monoisotopic (exact) mass is 261 g/mol. The molecule has 0 unspecified atom stereocenters. The fourth-order valence-electron chi connectivity index (χ4n) is 2.37. The second-order valence-corrected chi connectivity index (χ2v) is 4.65. The van der Waals surface area contributed by atoms with Crippen LogP contribution in [0.15, 0.2) is 24.3 Å². The molecule has 1 aliphatic rings. The highest BCUT2D eigenvalue weighted by molar-refractivity contribution is 5.41. The number of aromatic hydroxyl groups is 3. The molecule has 0 amide bonds. The molecule has 3 rings (SSSR count). The standard InChI is InChI=1S/C14H15NO4/c16-11-8-13(17)15(14(11)18)5-3-9-1-2-12-10(7-9)4-6-19-12/h1-2,7-8,16-18H,3-6H2. The third-order valence-electron chi connectivity index (χ3n) is 3.41. The Hall–Kier alpha value is -2.30. The summed E-state index contributed by atoms with van der Waals surface area (Å²) in [7, 11) is 0. The van der Waals surface area contributed by atoms with Gasteiger partial charge < -0.3 is 20.1 Å². The molecule has 2 heterocycles. The number of nitrogens with zero attached hydrogens (tertiary/aromatic N) is 1. The number of aromatic nitrogens is 1. The number of ether oxygens (including phenoxy) is 1. The molecule has 0 saturated carbocycles. The van der Waals surface area contributed by atoms with E-state index in [1.165, 1.54) is 10.1 Å². The fraction of sp³-hybridized carbons (Fsp3) is 0.286. The molecule has 5 nitrogen and oxygen atoms in total. The first-order valence-electron chi connectivity index (χ1n) is 6.20. The van der Waals surface area contributed by atoms with Crippen LogP contribution in [-0.2, 0) is 19.4 Å². The molecule has 19 heavy (non-hydrogen) atoms. The Balaban J connectivity index is 1.76. The summed E-state index contributed by atoms with van der Waals surface area (Å²) in [6.07, 6.45) is 1.58. The van der Waals surface area contributed by atoms with Gasteiger partial charge in [-0.1, -0.05) is 12.1 Å². The van der Waals surface area contributed by atoms with Gasteiger partial charge in [-0.2, -0.15) is 0 Å². The van der Waals surface area contributed by atoms with Crippen LogP contribution in [0.4, 0.5) is 0 Å². The number of rotatable bonds is 3. The Bertz CT molecular complexity index is 618. The van der Waals surface area contributed by atoms with Crippen molar-refractivity contribution < 1.29 is 20.1 Å². The zero-order chi connectivity index (χ0) is 13.4. The maximum absolute atomic E-state index is 9.58. The van der Waals surface area contributed by atoms with Crippen LogP contribution in [0.2, 0.25) is 0 Å². The Morgan fingerprint density at radius 3 is 2.74 bits per heavy atom. The van der Waals surface area contributed by atoms with Gasteiger partial charge in [-0.3, -0.25) is 4.57 Å². The third-order valence-corrected chi connectivity index (χ3v) is 3.41. The summed E-state index contributed by atoms with van der Waals surface area (Å²) in [5.41, 5.74) is 2.30. The Morgan fingerprint density at radius 1 is 1.16 bits per heavy atom. The molecule has 1 aliphatic heterocycles. The summed E-state index contributed by atoms with van der Waals surface area (Å²) in [5, 5.41) is 28.4. The lowest BCUT2D eigenvalue weighted by Gasteiger charge is -2.07. The van der Waals surface area contributed by atoms with E-state index in [0.717, 1.165) is 30.4 Å². The molecule has 0 atom stereocenters. The largest absolute Gasteiger partial charge is 0.503 e. The summed E-state index contributed by atoms with van der Waals surface area (Å²) < 4.78 is 6.72. The average Bonchev–Trinajstić information content (AvgIpc) is 2.94. The van der Waals surface area contributed by atoms with E-state index in [1.54, 1.807) is 0 Å². The molecule has 1 aromatic carbocycles. The van der Waals surface area contributed by atoms with Crippen LogP contribution < -0.4 is 4.74 Å². The zero-order valence-corrected chi connectivity index (χ0v) is 10.3. The van der Waals surface area contributed by atoms with Crippen LogP contribution >= 0.6 is 0 Å². The van der Waals surface area contributed by atoms with E-state index >= 15 is 0 Å². The van der Waals surface area contributed by atoms with Crippen molar-refractivity contribution in [2.45, 2.75) is 19.4 Å². The van der Waals surface area contributed by atoms with Crippen molar-refractivity contribution in [1.29, 1.82) is 0 Å². The molecule has 0 spiro atoms. The molecule has 5 heteroatoms. The van der Waals surface area contributed by atoms with Crippen LogP contribution in [0, 0.1) is 0 Å². The van der Waals surface area contributed by atoms with Crippen molar-refractivity contribution in [2.75, 3.05) is 6.61 Å². The molecular weight excluding hydrogens is 246 g/mol. The quantitative estimate of drug-likeness (QED) is 0.787. The van der Waals surface area contributed by atoms with Crippen molar-refractivity contribution in [3.8, 4) is 23.3 Å². The Morgan fingerprint density at radius 2 is 2.00 bits per heavy atom. The van der Waals surface area contributed by atoms with Gasteiger partial charge in [0.25, 0.3) is 0 Å². The van der Waals surface area contributed by atoms with Gasteiger partial charge in [0.1, 0.15) is 5.75 Å². The number of hydrogen-bond donors (Lipinski definition) is 3. The average molecular weight is 261 g/mol. The van der Waals surface area contributed by atoms with Gasteiger partial charge in [-0.15, -0.1) is 0 Å². The lowest BCUT2D eigenvalue weighted by Crippen LogP contribution is -2.00. The highest BCUT2D eigenvalue weighted by Gasteiger charge is 2.14. The van der Waals surface area contributed by atoms with Gasteiger partial charge in [0.05, 0.1) is 6.61 Å². The van der Waals surface area contributed by atoms with E-state index in [0.29, 0.717) is 13.0 Å². The molecular formula is C14H15NO4. The first kappa shape index (κ1) is 11.8. The lowest BCUT2D eigenvalue weighted by molar-refractivity contribution is 0.351. The van der Waals surface area contributed by atoms with Gasteiger partial charge in [0.2, 0.25) is 5.88 Å². The van der Waals surface area contributed by atoms with Crippen molar-refractivity contribution in [2.24, 2.45) is 0 Å². The number of aryl methyl sites for hydroxylation is 1. The first-order valence-corrected chi connectivity index (χ1v) is 6.20.